The van der Waals surface area contributed by atoms with Gasteiger partial charge in [-0.2, -0.15) is 26.3 Å². The normalized spacial score (nSPS) is 11.1. The maximum atomic E-state index is 14.4. The first-order valence-corrected chi connectivity index (χ1v) is 23.1. The van der Waals surface area contributed by atoms with E-state index in [1.165, 1.54) is 84.9 Å². The molecule has 2 N–H and O–H groups in total. The average Bonchev–Trinajstić information content (AvgIpc) is 3.41. The van der Waals surface area contributed by atoms with E-state index in [1.54, 1.807) is 24.3 Å². The molecule has 0 radical (unpaired) electrons. The lowest BCUT2D eigenvalue weighted by Gasteiger charge is -2.17. The zero-order valence-electron chi connectivity index (χ0n) is 40.1. The first-order chi connectivity index (χ1) is 36.3. The molecule has 0 saturated carbocycles. The maximum Gasteiger partial charge on any atom is 0.418 e. The van der Waals surface area contributed by atoms with E-state index in [2.05, 4.69) is 13.2 Å². The van der Waals surface area contributed by atoms with Crippen LogP contribution in [0.4, 0.5) is 37.7 Å². The molecule has 0 fully saturated rings. The van der Waals surface area contributed by atoms with Gasteiger partial charge in [0.2, 0.25) is 0 Å². The Balaban J connectivity index is 1.02. The van der Waals surface area contributed by atoms with E-state index >= 15 is 0 Å². The third-order valence-electron chi connectivity index (χ3n) is 10.8. The Kier molecular flexibility index (Phi) is 19.3. The van der Waals surface area contributed by atoms with Gasteiger partial charge in [-0.25, -0.2) is 19.2 Å². The van der Waals surface area contributed by atoms with Crippen molar-refractivity contribution in [2.24, 2.45) is 0 Å². The number of halogens is 6. The van der Waals surface area contributed by atoms with Gasteiger partial charge in [-0.05, 0) is 145 Å². The molecule has 76 heavy (non-hydrogen) atoms. The van der Waals surface area contributed by atoms with Crippen LogP contribution in [-0.4, -0.2) is 62.1 Å². The van der Waals surface area contributed by atoms with Gasteiger partial charge >= 0.3 is 48.0 Å². The van der Waals surface area contributed by atoms with Gasteiger partial charge in [0.05, 0.1) is 60.1 Å². The lowest BCUT2D eigenvalue weighted by atomic mass is 10.0. The number of anilines is 2. The van der Waals surface area contributed by atoms with Crippen LogP contribution < -0.4 is 29.6 Å². The number of nitrogens with one attached hydrogen (secondary N) is 2. The van der Waals surface area contributed by atoms with Crippen LogP contribution in [0.3, 0.4) is 0 Å². The Morgan fingerprint density at radius 3 is 1.07 bits per heavy atom. The molecular weight excluding hydrogens is 1010 g/mol. The number of alkyl halides is 6. The quantitative estimate of drug-likeness (QED) is 0.0164. The molecule has 6 rings (SSSR count). The number of esters is 4. The van der Waals surface area contributed by atoms with Crippen molar-refractivity contribution in [1.29, 1.82) is 0 Å². The molecule has 0 heterocycles. The molecule has 14 nitrogen and oxygen atoms in total. The summed E-state index contributed by atoms with van der Waals surface area (Å²) >= 11 is 0. The van der Waals surface area contributed by atoms with Crippen LogP contribution in [0.5, 0.6) is 23.0 Å². The van der Waals surface area contributed by atoms with Crippen LogP contribution in [-0.2, 0) is 41.0 Å². The third-order valence-corrected chi connectivity index (χ3v) is 10.8. The summed E-state index contributed by atoms with van der Waals surface area (Å²) in [6, 6.07) is 28.6. The fourth-order valence-corrected chi connectivity index (χ4v) is 6.88. The fourth-order valence-electron chi connectivity index (χ4n) is 6.88. The zero-order valence-corrected chi connectivity index (χ0v) is 40.1. The number of hydrogen-bond acceptors (Lipinski definition) is 12. The lowest BCUT2D eigenvalue weighted by molar-refractivity contribution is -0.138. The molecule has 0 aromatic heterocycles. The highest BCUT2D eigenvalue weighted by Crippen LogP contribution is 2.40. The summed E-state index contributed by atoms with van der Waals surface area (Å²) in [6.07, 6.45) is -5.68. The summed E-state index contributed by atoms with van der Waals surface area (Å²) < 4.78 is 118. The molecule has 0 unspecified atom stereocenters. The van der Waals surface area contributed by atoms with E-state index in [1.807, 2.05) is 10.6 Å². The van der Waals surface area contributed by atoms with Gasteiger partial charge < -0.3 is 39.1 Å². The molecule has 2 amide bonds. The maximum absolute atomic E-state index is 14.4. The van der Waals surface area contributed by atoms with Crippen LogP contribution in [0, 0.1) is 0 Å². The van der Waals surface area contributed by atoms with Crippen molar-refractivity contribution in [3.63, 3.8) is 0 Å². The molecule has 0 saturated heterocycles. The second-order valence-electron chi connectivity index (χ2n) is 16.2. The number of carbonyl (C=O) groups is 6. The Morgan fingerprint density at radius 1 is 0.421 bits per heavy atom. The number of carbonyl (C=O) groups excluding carboxylic acids is 6. The highest BCUT2D eigenvalue weighted by atomic mass is 19.4. The summed E-state index contributed by atoms with van der Waals surface area (Å²) in [7, 11) is 0. The molecule has 0 aliphatic carbocycles. The van der Waals surface area contributed by atoms with Crippen molar-refractivity contribution in [2.45, 2.75) is 38.0 Å². The minimum Gasteiger partial charge on any atom is -0.494 e. The van der Waals surface area contributed by atoms with Crippen LogP contribution in [0.25, 0.3) is 22.3 Å². The average molecular weight is 1050 g/mol. The number of unbranched alkanes of at least 4 members (excludes halogenated alkanes) is 2. The lowest BCUT2D eigenvalue weighted by Crippen LogP contribution is -2.30. The van der Waals surface area contributed by atoms with Crippen molar-refractivity contribution in [3.05, 3.63) is 181 Å². The number of rotatable bonds is 22. The standard InChI is InChI=1S/C56H46F6N2O12/c1-3-49(65)73-31-7-5-29-71-41-19-13-37(14-20-41)53(69)75-43-23-9-35(10-24-43)39-17-27-47(45(33-39)55(57,58)59)63-51(67)52(68)64-48-28-18-40(34-46(48)56(60,61)62)36-11-25-44(26-12-36)76-54(70)38-15-21-42(22-16-38)72-30-6-8-32-74-50(66)4-2/h3-4,9-28,33-34H,1-2,5-8,29-32H2,(H,63,67)(H,64,68). The molecule has 0 spiro atoms. The molecule has 6 aromatic rings. The number of benzene rings is 6. The Labute approximate surface area is 430 Å². The summed E-state index contributed by atoms with van der Waals surface area (Å²) in [6.45, 7) is 7.74. The second kappa shape index (κ2) is 26.1. The Morgan fingerprint density at radius 2 is 0.737 bits per heavy atom. The van der Waals surface area contributed by atoms with Gasteiger partial charge in [-0.15, -0.1) is 0 Å². The van der Waals surface area contributed by atoms with E-state index in [0.29, 0.717) is 62.5 Å². The van der Waals surface area contributed by atoms with E-state index in [-0.39, 0.29) is 58.1 Å². The van der Waals surface area contributed by atoms with E-state index < -0.39 is 70.5 Å². The number of ether oxygens (including phenoxy) is 6. The minimum atomic E-state index is -5.08. The number of hydrogen-bond donors (Lipinski definition) is 2. The van der Waals surface area contributed by atoms with Gasteiger partial charge in [0, 0.05) is 12.2 Å². The minimum absolute atomic E-state index is 0.0102. The summed E-state index contributed by atoms with van der Waals surface area (Å²) in [5, 5.41) is 3.68. The SMILES string of the molecule is C=CC(=O)OCCCCOc1ccc(C(=O)Oc2ccc(-c3ccc(NC(=O)C(=O)Nc4ccc(-c5ccc(OC(=O)c6ccc(OCCCCOC(=O)C=C)cc6)cc5)cc4C(F)(F)F)c(C(F)(F)F)c3)cc2)cc1. The van der Waals surface area contributed by atoms with Gasteiger partial charge in [-0.3, -0.25) is 9.59 Å². The molecule has 0 atom stereocenters. The van der Waals surface area contributed by atoms with E-state index in [9.17, 15) is 55.1 Å². The highest BCUT2D eigenvalue weighted by Gasteiger charge is 2.37. The van der Waals surface area contributed by atoms with Gasteiger partial charge in [0.25, 0.3) is 0 Å². The highest BCUT2D eigenvalue weighted by molar-refractivity contribution is 6.43. The first kappa shape index (κ1) is 56.1. The van der Waals surface area contributed by atoms with Crippen LogP contribution in [0.2, 0.25) is 0 Å². The van der Waals surface area contributed by atoms with E-state index in [4.69, 9.17) is 28.4 Å². The largest absolute Gasteiger partial charge is 0.494 e. The first-order valence-electron chi connectivity index (χ1n) is 23.1. The Hall–Kier alpha value is -9.20. The van der Waals surface area contributed by atoms with E-state index in [0.717, 1.165) is 24.3 Å². The molecule has 6 aromatic carbocycles. The summed E-state index contributed by atoms with van der Waals surface area (Å²) in [5.41, 5.74) is -3.61. The van der Waals surface area contributed by atoms with Crippen molar-refractivity contribution in [2.75, 3.05) is 37.1 Å². The summed E-state index contributed by atoms with van der Waals surface area (Å²) in [4.78, 5) is 73.7. The van der Waals surface area contributed by atoms with Crippen molar-refractivity contribution in [1.82, 2.24) is 0 Å². The van der Waals surface area contributed by atoms with Crippen LogP contribution in [0.1, 0.15) is 57.5 Å². The second-order valence-corrected chi connectivity index (χ2v) is 16.2. The fraction of sp³-hybridized carbons (Fsp3) is 0.179. The van der Waals surface area contributed by atoms with Crippen LogP contribution >= 0.6 is 0 Å². The Bertz CT molecular complexity index is 2840. The monoisotopic (exact) mass is 1050 g/mol. The van der Waals surface area contributed by atoms with Crippen LogP contribution in [0.15, 0.2) is 159 Å². The molecule has 0 bridgehead atoms. The van der Waals surface area contributed by atoms with Crippen molar-refractivity contribution in [3.8, 4) is 45.3 Å². The van der Waals surface area contributed by atoms with Gasteiger partial charge in [0.15, 0.2) is 0 Å². The third kappa shape index (κ3) is 16.4. The predicted octanol–water partition coefficient (Wildman–Crippen LogP) is 11.9. The number of amides is 2. The topological polar surface area (TPSA) is 182 Å². The molecular formula is C56H46F6N2O12. The smallest absolute Gasteiger partial charge is 0.418 e. The van der Waals surface area contributed by atoms with Gasteiger partial charge in [0.1, 0.15) is 23.0 Å². The molecule has 0 aliphatic heterocycles. The molecule has 0 aliphatic rings. The zero-order chi connectivity index (χ0) is 54.8. The molecule has 20 heteroatoms. The summed E-state index contributed by atoms with van der Waals surface area (Å²) in [5.74, 6) is -4.79. The molecule has 394 valence electrons. The van der Waals surface area contributed by atoms with Crippen molar-refractivity contribution >= 4 is 47.1 Å². The predicted molar refractivity (Wildman–Crippen MR) is 266 cm³/mol. The van der Waals surface area contributed by atoms with Gasteiger partial charge in [-0.1, -0.05) is 49.6 Å². The van der Waals surface area contributed by atoms with Crippen molar-refractivity contribution < 1.29 is 83.5 Å².